The first-order valence-electron chi connectivity index (χ1n) is 9.50. The molecule has 1 amide bonds. The second-order valence-electron chi connectivity index (χ2n) is 7.14. The number of carbonyl (C=O) groups is 1. The van der Waals surface area contributed by atoms with Gasteiger partial charge in [0.15, 0.2) is 0 Å². The normalized spacial score (nSPS) is 12.5. The van der Waals surface area contributed by atoms with Crippen LogP contribution in [-0.2, 0) is 10.0 Å². The number of hydrogen-bond donors (Lipinski definition) is 2. The SMILES string of the molecule is CCC(NS(=O)(=O)c1nnc(NC(=O)c2ccc(C)cc2)s1)c1ccc(C)cc1C. The molecule has 0 bridgehead atoms. The van der Waals surface area contributed by atoms with Crippen molar-refractivity contribution in [2.75, 3.05) is 5.32 Å². The van der Waals surface area contributed by atoms with Crippen LogP contribution in [0, 0.1) is 20.8 Å². The number of amides is 1. The molecule has 9 heteroatoms. The molecule has 7 nitrogen and oxygen atoms in total. The topological polar surface area (TPSA) is 101 Å². The third kappa shape index (κ3) is 5.10. The molecule has 0 spiro atoms. The van der Waals surface area contributed by atoms with Crippen molar-refractivity contribution in [1.82, 2.24) is 14.9 Å². The molecule has 0 saturated carbocycles. The molecule has 3 rings (SSSR count). The van der Waals surface area contributed by atoms with E-state index in [0.29, 0.717) is 12.0 Å². The molecule has 3 aromatic rings. The van der Waals surface area contributed by atoms with Gasteiger partial charge in [0, 0.05) is 11.6 Å². The van der Waals surface area contributed by atoms with Crippen LogP contribution in [0.1, 0.15) is 52.0 Å². The zero-order valence-corrected chi connectivity index (χ0v) is 18.9. The Morgan fingerprint density at radius 1 is 1.03 bits per heavy atom. The summed E-state index contributed by atoms with van der Waals surface area (Å²) >= 11 is 0.816. The predicted molar refractivity (Wildman–Crippen MR) is 118 cm³/mol. The van der Waals surface area contributed by atoms with Crippen LogP contribution >= 0.6 is 11.3 Å². The molecule has 1 aromatic heterocycles. The van der Waals surface area contributed by atoms with Crippen molar-refractivity contribution in [2.45, 2.75) is 44.5 Å². The maximum absolute atomic E-state index is 12.8. The Morgan fingerprint density at radius 3 is 2.33 bits per heavy atom. The van der Waals surface area contributed by atoms with Gasteiger partial charge in [0.2, 0.25) is 9.47 Å². The highest BCUT2D eigenvalue weighted by atomic mass is 32.2. The van der Waals surface area contributed by atoms with Crippen molar-refractivity contribution < 1.29 is 13.2 Å². The molecule has 2 aromatic carbocycles. The Hall–Kier alpha value is -2.62. The van der Waals surface area contributed by atoms with Crippen LogP contribution in [0.4, 0.5) is 5.13 Å². The first-order chi connectivity index (χ1) is 14.2. The summed E-state index contributed by atoms with van der Waals surface area (Å²) in [6.07, 6.45) is 0.582. The fourth-order valence-electron chi connectivity index (χ4n) is 3.06. The molecular weight excluding hydrogens is 420 g/mol. The fraction of sp³-hybridized carbons (Fsp3) is 0.286. The second-order valence-corrected chi connectivity index (χ2v) is 10.0. The van der Waals surface area contributed by atoms with E-state index in [2.05, 4.69) is 20.2 Å². The van der Waals surface area contributed by atoms with E-state index in [-0.39, 0.29) is 21.4 Å². The quantitative estimate of drug-likeness (QED) is 0.533. The lowest BCUT2D eigenvalue weighted by Crippen LogP contribution is -2.28. The summed E-state index contributed by atoms with van der Waals surface area (Å²) < 4.78 is 28.2. The van der Waals surface area contributed by atoms with Crippen LogP contribution in [0.2, 0.25) is 0 Å². The molecule has 1 unspecified atom stereocenters. The molecule has 0 fully saturated rings. The summed E-state index contributed by atoms with van der Waals surface area (Å²) in [4.78, 5) is 12.3. The van der Waals surface area contributed by atoms with Gasteiger partial charge in [0.25, 0.3) is 15.9 Å². The molecule has 30 heavy (non-hydrogen) atoms. The number of sulfonamides is 1. The molecular formula is C21H24N4O3S2. The number of aromatic nitrogens is 2. The first-order valence-corrected chi connectivity index (χ1v) is 11.8. The minimum Gasteiger partial charge on any atom is -0.296 e. The van der Waals surface area contributed by atoms with Crippen molar-refractivity contribution in [3.8, 4) is 0 Å². The largest absolute Gasteiger partial charge is 0.296 e. The third-order valence-electron chi connectivity index (χ3n) is 4.68. The highest BCUT2D eigenvalue weighted by Crippen LogP contribution is 2.26. The lowest BCUT2D eigenvalue weighted by Gasteiger charge is -2.19. The molecule has 2 N–H and O–H groups in total. The van der Waals surface area contributed by atoms with Gasteiger partial charge in [-0.05, 0) is 50.5 Å². The van der Waals surface area contributed by atoms with E-state index in [1.54, 1.807) is 12.1 Å². The number of nitrogens with one attached hydrogen (secondary N) is 2. The van der Waals surface area contributed by atoms with Crippen molar-refractivity contribution in [3.05, 3.63) is 70.3 Å². The summed E-state index contributed by atoms with van der Waals surface area (Å²) in [6, 6.07) is 12.6. The molecule has 1 atom stereocenters. The fourth-order valence-corrected chi connectivity index (χ4v) is 5.27. The summed E-state index contributed by atoms with van der Waals surface area (Å²) in [6.45, 7) is 7.80. The van der Waals surface area contributed by atoms with Crippen molar-refractivity contribution >= 4 is 32.4 Å². The smallest absolute Gasteiger partial charge is 0.270 e. The van der Waals surface area contributed by atoms with Gasteiger partial charge in [-0.3, -0.25) is 10.1 Å². The van der Waals surface area contributed by atoms with Gasteiger partial charge in [0.1, 0.15) is 0 Å². The minimum absolute atomic E-state index is 0.125. The van der Waals surface area contributed by atoms with E-state index >= 15 is 0 Å². The molecule has 0 saturated heterocycles. The number of carbonyl (C=O) groups excluding carboxylic acids is 1. The highest BCUT2D eigenvalue weighted by molar-refractivity contribution is 7.91. The molecule has 0 radical (unpaired) electrons. The van der Waals surface area contributed by atoms with Crippen LogP contribution in [0.25, 0.3) is 0 Å². The van der Waals surface area contributed by atoms with Gasteiger partial charge >= 0.3 is 0 Å². The Morgan fingerprint density at radius 2 is 1.70 bits per heavy atom. The Labute approximate surface area is 180 Å². The van der Waals surface area contributed by atoms with E-state index in [4.69, 9.17) is 0 Å². The van der Waals surface area contributed by atoms with Crippen LogP contribution in [0.5, 0.6) is 0 Å². The van der Waals surface area contributed by atoms with Gasteiger partial charge < -0.3 is 0 Å². The van der Waals surface area contributed by atoms with Crippen LogP contribution in [-0.4, -0.2) is 24.5 Å². The number of rotatable bonds is 7. The maximum Gasteiger partial charge on any atom is 0.270 e. The Kier molecular flexibility index (Phi) is 6.64. The van der Waals surface area contributed by atoms with Gasteiger partial charge in [-0.1, -0.05) is 59.7 Å². The van der Waals surface area contributed by atoms with E-state index in [1.165, 1.54) is 0 Å². The third-order valence-corrected chi connectivity index (χ3v) is 7.35. The van der Waals surface area contributed by atoms with Gasteiger partial charge in [-0.2, -0.15) is 0 Å². The Bertz CT molecular complexity index is 1160. The van der Waals surface area contributed by atoms with Crippen molar-refractivity contribution in [1.29, 1.82) is 0 Å². The number of aryl methyl sites for hydroxylation is 3. The van der Waals surface area contributed by atoms with Gasteiger partial charge in [-0.25, -0.2) is 13.1 Å². The van der Waals surface area contributed by atoms with E-state index in [0.717, 1.165) is 33.6 Å². The summed E-state index contributed by atoms with van der Waals surface area (Å²) in [5.41, 5.74) is 4.56. The predicted octanol–water partition coefficient (Wildman–Crippen LogP) is 4.15. The maximum atomic E-state index is 12.8. The molecule has 158 valence electrons. The lowest BCUT2D eigenvalue weighted by atomic mass is 9.98. The Balaban J connectivity index is 1.75. The second kappa shape index (κ2) is 9.03. The zero-order chi connectivity index (χ0) is 21.9. The first kappa shape index (κ1) is 22.1. The molecule has 0 aliphatic heterocycles. The number of anilines is 1. The molecule has 0 aliphatic carbocycles. The van der Waals surface area contributed by atoms with Gasteiger partial charge in [0.05, 0.1) is 0 Å². The summed E-state index contributed by atoms with van der Waals surface area (Å²) in [5.74, 6) is -0.371. The monoisotopic (exact) mass is 444 g/mol. The summed E-state index contributed by atoms with van der Waals surface area (Å²) in [5, 5.41) is 10.3. The average Bonchev–Trinajstić information content (AvgIpc) is 3.16. The highest BCUT2D eigenvalue weighted by Gasteiger charge is 2.25. The summed E-state index contributed by atoms with van der Waals surface area (Å²) in [7, 11) is -3.89. The lowest BCUT2D eigenvalue weighted by molar-refractivity contribution is 0.102. The molecule has 0 aliphatic rings. The van der Waals surface area contributed by atoms with Crippen LogP contribution in [0.3, 0.4) is 0 Å². The van der Waals surface area contributed by atoms with E-state index in [9.17, 15) is 13.2 Å². The minimum atomic E-state index is -3.89. The average molecular weight is 445 g/mol. The van der Waals surface area contributed by atoms with E-state index in [1.807, 2.05) is 58.0 Å². The standard InChI is InChI=1S/C21H24N4O3S2/c1-5-18(17-11-8-14(3)12-15(17)4)25-30(27,28)21-24-23-20(29-21)22-19(26)16-9-6-13(2)7-10-16/h6-12,18,25H,5H2,1-4H3,(H,22,23,26). The molecule has 1 heterocycles. The van der Waals surface area contributed by atoms with E-state index < -0.39 is 10.0 Å². The van der Waals surface area contributed by atoms with Gasteiger partial charge in [-0.15, -0.1) is 10.2 Å². The number of nitrogens with zero attached hydrogens (tertiary/aromatic N) is 2. The van der Waals surface area contributed by atoms with Crippen LogP contribution in [0.15, 0.2) is 46.8 Å². The number of hydrogen-bond acceptors (Lipinski definition) is 6. The number of benzene rings is 2. The van der Waals surface area contributed by atoms with Crippen molar-refractivity contribution in [2.24, 2.45) is 0 Å². The zero-order valence-electron chi connectivity index (χ0n) is 17.3. The van der Waals surface area contributed by atoms with Crippen molar-refractivity contribution in [3.63, 3.8) is 0 Å². The van der Waals surface area contributed by atoms with Crippen LogP contribution < -0.4 is 10.0 Å².